The minimum Gasteiger partial charge on any atom is -0.377 e. The molecule has 0 amide bonds. The number of pyridine rings is 1. The average Bonchev–Trinajstić information content (AvgIpc) is 2.67. The normalized spacial score (nSPS) is 20.8. The molecule has 0 saturated heterocycles. The van der Waals surface area contributed by atoms with E-state index in [-0.39, 0.29) is 11.6 Å². The summed E-state index contributed by atoms with van der Waals surface area (Å²) in [7, 11) is 1.81. The van der Waals surface area contributed by atoms with Crippen molar-refractivity contribution in [2.75, 3.05) is 7.11 Å². The van der Waals surface area contributed by atoms with Crippen molar-refractivity contribution < 1.29 is 4.74 Å². The molecule has 1 aromatic heterocycles. The number of nitrogens with two attached hydrogens (primary N) is 1. The molecule has 3 nitrogen and oxygen atoms in total. The molecule has 1 aliphatic carbocycles. The molecule has 0 aliphatic heterocycles. The smallest absolute Gasteiger partial charge is 0.0832 e. The van der Waals surface area contributed by atoms with Crippen molar-refractivity contribution in [3.63, 3.8) is 0 Å². The number of rotatable bonds is 4. The second kappa shape index (κ2) is 6.82. The van der Waals surface area contributed by atoms with Gasteiger partial charge in [0.25, 0.3) is 0 Å². The molecule has 2 rings (SSSR count). The number of methoxy groups -OCH3 is 1. The first kappa shape index (κ1) is 14.9. The monoisotopic (exact) mass is 326 g/mol. The Morgan fingerprint density at radius 2 is 2.00 bits per heavy atom. The molecule has 1 aliphatic rings. The molecule has 1 aromatic rings. The summed E-state index contributed by atoms with van der Waals surface area (Å²) in [5, 5.41) is 0. The standard InChI is InChI=1S/C15H23BrN2O/c1-19-15(8-4-2-3-5-9-15)14(17)10-13-7-6-12(16)11-18-13/h6-7,11,14H,2-5,8-10,17H2,1H3. The third-order valence-corrected chi connectivity index (χ3v) is 4.72. The van der Waals surface area contributed by atoms with E-state index in [9.17, 15) is 0 Å². The zero-order valence-corrected chi connectivity index (χ0v) is 13.2. The maximum atomic E-state index is 6.46. The highest BCUT2D eigenvalue weighted by atomic mass is 79.9. The molecule has 1 saturated carbocycles. The van der Waals surface area contributed by atoms with Gasteiger partial charge in [0, 0.05) is 35.9 Å². The van der Waals surface area contributed by atoms with E-state index in [0.29, 0.717) is 0 Å². The Morgan fingerprint density at radius 3 is 2.53 bits per heavy atom. The van der Waals surface area contributed by atoms with E-state index in [1.165, 1.54) is 25.7 Å². The zero-order chi connectivity index (χ0) is 13.7. The van der Waals surface area contributed by atoms with Gasteiger partial charge in [-0.05, 0) is 40.9 Å². The topological polar surface area (TPSA) is 48.1 Å². The lowest BCUT2D eigenvalue weighted by atomic mass is 9.84. The number of nitrogens with zero attached hydrogens (tertiary/aromatic N) is 1. The van der Waals surface area contributed by atoms with Crippen LogP contribution in [0.15, 0.2) is 22.8 Å². The second-order valence-electron chi connectivity index (χ2n) is 5.46. The minimum absolute atomic E-state index is 0.0178. The van der Waals surface area contributed by atoms with Crippen molar-refractivity contribution in [1.82, 2.24) is 4.98 Å². The van der Waals surface area contributed by atoms with Crippen LogP contribution in [0.1, 0.15) is 44.2 Å². The summed E-state index contributed by atoms with van der Waals surface area (Å²) >= 11 is 3.40. The van der Waals surface area contributed by atoms with E-state index in [4.69, 9.17) is 10.5 Å². The van der Waals surface area contributed by atoms with Gasteiger partial charge in [0.15, 0.2) is 0 Å². The SMILES string of the molecule is COC1(C(N)Cc2ccc(Br)cn2)CCCCCC1. The Balaban J connectivity index is 2.07. The van der Waals surface area contributed by atoms with Crippen molar-refractivity contribution in [2.24, 2.45) is 5.73 Å². The lowest BCUT2D eigenvalue weighted by Gasteiger charge is -2.37. The molecular weight excluding hydrogens is 304 g/mol. The first-order valence-corrected chi connectivity index (χ1v) is 7.87. The average molecular weight is 327 g/mol. The Kier molecular flexibility index (Phi) is 5.37. The van der Waals surface area contributed by atoms with Crippen LogP contribution in [0.4, 0.5) is 0 Å². The molecular formula is C15H23BrN2O. The van der Waals surface area contributed by atoms with Crippen LogP contribution in [0, 0.1) is 0 Å². The van der Waals surface area contributed by atoms with Crippen LogP contribution in [-0.2, 0) is 11.2 Å². The molecule has 4 heteroatoms. The molecule has 0 radical (unpaired) electrons. The zero-order valence-electron chi connectivity index (χ0n) is 11.6. The van der Waals surface area contributed by atoms with Crippen LogP contribution in [0.5, 0.6) is 0 Å². The third kappa shape index (κ3) is 3.77. The molecule has 1 atom stereocenters. The van der Waals surface area contributed by atoms with Gasteiger partial charge in [0.05, 0.1) is 5.60 Å². The molecule has 2 N–H and O–H groups in total. The summed E-state index contributed by atoms with van der Waals surface area (Å²) in [5.41, 5.74) is 7.33. The summed E-state index contributed by atoms with van der Waals surface area (Å²) in [5.74, 6) is 0. The molecule has 0 aromatic carbocycles. The number of hydrogen-bond acceptors (Lipinski definition) is 3. The molecule has 1 fully saturated rings. The molecule has 106 valence electrons. The summed E-state index contributed by atoms with van der Waals surface area (Å²) in [6.45, 7) is 0. The van der Waals surface area contributed by atoms with Crippen LogP contribution in [0.2, 0.25) is 0 Å². The Hall–Kier alpha value is -0.450. The van der Waals surface area contributed by atoms with Gasteiger partial charge >= 0.3 is 0 Å². The summed E-state index contributed by atoms with van der Waals surface area (Å²) in [6.07, 6.45) is 9.78. The maximum Gasteiger partial charge on any atom is 0.0832 e. The van der Waals surface area contributed by atoms with E-state index in [2.05, 4.69) is 20.9 Å². The lowest BCUT2D eigenvalue weighted by molar-refractivity contribution is -0.0432. The molecule has 1 heterocycles. The van der Waals surface area contributed by atoms with E-state index in [1.54, 1.807) is 7.11 Å². The van der Waals surface area contributed by atoms with Gasteiger partial charge in [-0.25, -0.2) is 0 Å². The first-order valence-electron chi connectivity index (χ1n) is 7.07. The van der Waals surface area contributed by atoms with Gasteiger partial charge in [-0.1, -0.05) is 25.7 Å². The first-order chi connectivity index (χ1) is 9.16. The van der Waals surface area contributed by atoms with Gasteiger partial charge in [-0.3, -0.25) is 4.98 Å². The fraction of sp³-hybridized carbons (Fsp3) is 0.667. The second-order valence-corrected chi connectivity index (χ2v) is 6.38. The van der Waals surface area contributed by atoms with Crippen LogP contribution in [0.25, 0.3) is 0 Å². The predicted octanol–water partition coefficient (Wildman–Crippen LogP) is 3.45. The molecule has 1 unspecified atom stereocenters. The Bertz CT molecular complexity index is 386. The summed E-state index contributed by atoms with van der Waals surface area (Å²) in [4.78, 5) is 4.42. The van der Waals surface area contributed by atoms with E-state index in [0.717, 1.165) is 29.4 Å². The summed E-state index contributed by atoms with van der Waals surface area (Å²) < 4.78 is 6.86. The molecule has 0 bridgehead atoms. The van der Waals surface area contributed by atoms with Crippen LogP contribution >= 0.6 is 15.9 Å². The number of ether oxygens (including phenoxy) is 1. The molecule has 0 spiro atoms. The van der Waals surface area contributed by atoms with Crippen molar-refractivity contribution >= 4 is 15.9 Å². The largest absolute Gasteiger partial charge is 0.377 e. The van der Waals surface area contributed by atoms with Crippen LogP contribution in [0.3, 0.4) is 0 Å². The van der Waals surface area contributed by atoms with Crippen molar-refractivity contribution in [1.29, 1.82) is 0 Å². The Labute approximate surface area is 124 Å². The highest BCUT2D eigenvalue weighted by molar-refractivity contribution is 9.10. The van der Waals surface area contributed by atoms with Crippen LogP contribution in [-0.4, -0.2) is 23.7 Å². The van der Waals surface area contributed by atoms with Crippen molar-refractivity contribution in [3.8, 4) is 0 Å². The predicted molar refractivity (Wildman–Crippen MR) is 81.1 cm³/mol. The van der Waals surface area contributed by atoms with Gasteiger partial charge in [0.1, 0.15) is 0 Å². The molecule has 19 heavy (non-hydrogen) atoms. The number of aromatic nitrogens is 1. The van der Waals surface area contributed by atoms with E-state index >= 15 is 0 Å². The quantitative estimate of drug-likeness (QED) is 0.862. The van der Waals surface area contributed by atoms with Gasteiger partial charge in [0.2, 0.25) is 0 Å². The fourth-order valence-electron chi connectivity index (χ4n) is 2.99. The van der Waals surface area contributed by atoms with Crippen molar-refractivity contribution in [3.05, 3.63) is 28.5 Å². The van der Waals surface area contributed by atoms with Crippen LogP contribution < -0.4 is 5.73 Å². The minimum atomic E-state index is -0.161. The highest BCUT2D eigenvalue weighted by Gasteiger charge is 2.37. The highest BCUT2D eigenvalue weighted by Crippen LogP contribution is 2.33. The maximum absolute atomic E-state index is 6.46. The van der Waals surface area contributed by atoms with E-state index in [1.807, 2.05) is 18.3 Å². The number of halogens is 1. The fourth-order valence-corrected chi connectivity index (χ4v) is 3.23. The van der Waals surface area contributed by atoms with Gasteiger partial charge in [-0.15, -0.1) is 0 Å². The lowest BCUT2D eigenvalue weighted by Crippen LogP contribution is -2.50. The van der Waals surface area contributed by atoms with Crippen molar-refractivity contribution in [2.45, 2.75) is 56.6 Å². The summed E-state index contributed by atoms with van der Waals surface area (Å²) in [6, 6.07) is 4.07. The number of hydrogen-bond donors (Lipinski definition) is 1. The third-order valence-electron chi connectivity index (χ3n) is 4.25. The van der Waals surface area contributed by atoms with Gasteiger partial charge < -0.3 is 10.5 Å². The van der Waals surface area contributed by atoms with Gasteiger partial charge in [-0.2, -0.15) is 0 Å². The Morgan fingerprint density at radius 1 is 1.32 bits per heavy atom. The van der Waals surface area contributed by atoms with E-state index < -0.39 is 0 Å².